The topological polar surface area (TPSA) is 32.3 Å². The van der Waals surface area contributed by atoms with Gasteiger partial charge in [0.1, 0.15) is 0 Å². The maximum absolute atomic E-state index is 12.4. The van der Waals surface area contributed by atoms with Crippen LogP contribution in [0.15, 0.2) is 18.2 Å². The normalized spacial score (nSPS) is 19.6. The largest absolute Gasteiger partial charge is 0.355 e. The van der Waals surface area contributed by atoms with Crippen molar-refractivity contribution in [2.75, 3.05) is 19.6 Å². The zero-order chi connectivity index (χ0) is 17.0. The van der Waals surface area contributed by atoms with Gasteiger partial charge in [0.15, 0.2) is 0 Å². The summed E-state index contributed by atoms with van der Waals surface area (Å²) in [7, 11) is 0. The summed E-state index contributed by atoms with van der Waals surface area (Å²) in [6, 6.07) is 5.58. The average Bonchev–Trinajstić information content (AvgIpc) is 2.48. The fourth-order valence-corrected chi connectivity index (χ4v) is 3.33. The number of piperidine rings is 1. The summed E-state index contributed by atoms with van der Waals surface area (Å²) >= 11 is 12.5. The lowest BCUT2D eigenvalue weighted by molar-refractivity contribution is -0.127. The van der Waals surface area contributed by atoms with Crippen LogP contribution in [0.3, 0.4) is 0 Å². The van der Waals surface area contributed by atoms with Crippen LogP contribution in [-0.2, 0) is 11.3 Å². The molecule has 1 heterocycles. The Bertz CT molecular complexity index is 534. The molecule has 3 nitrogen and oxygen atoms in total. The summed E-state index contributed by atoms with van der Waals surface area (Å²) in [5.74, 6) is 0.210. The zero-order valence-electron chi connectivity index (χ0n) is 14.2. The van der Waals surface area contributed by atoms with E-state index in [1.165, 1.54) is 0 Å². The quantitative estimate of drug-likeness (QED) is 0.868. The van der Waals surface area contributed by atoms with Crippen LogP contribution in [-0.4, -0.2) is 30.4 Å². The van der Waals surface area contributed by atoms with Gasteiger partial charge in [0.2, 0.25) is 5.91 Å². The molecule has 1 aromatic rings. The predicted molar refractivity (Wildman–Crippen MR) is 96.9 cm³/mol. The first-order valence-corrected chi connectivity index (χ1v) is 8.95. The van der Waals surface area contributed by atoms with E-state index in [2.05, 4.69) is 31.0 Å². The molecule has 1 aliphatic heterocycles. The Labute approximate surface area is 149 Å². The summed E-state index contributed by atoms with van der Waals surface area (Å²) < 4.78 is 0. The number of hydrogen-bond acceptors (Lipinski definition) is 2. The van der Waals surface area contributed by atoms with E-state index in [1.807, 2.05) is 18.2 Å². The predicted octanol–water partition coefficient (Wildman–Crippen LogP) is 4.37. The minimum atomic E-state index is 0.0485. The van der Waals surface area contributed by atoms with Crippen LogP contribution in [0.5, 0.6) is 0 Å². The highest BCUT2D eigenvalue weighted by Crippen LogP contribution is 2.27. The van der Waals surface area contributed by atoms with Gasteiger partial charge in [-0.2, -0.15) is 0 Å². The maximum atomic E-state index is 12.4. The molecule has 0 aromatic heterocycles. The summed E-state index contributed by atoms with van der Waals surface area (Å²) in [6.07, 6.45) is 1.97. The van der Waals surface area contributed by atoms with Gasteiger partial charge in [0.25, 0.3) is 0 Å². The molecule has 1 aliphatic rings. The number of amides is 1. The molecule has 2 rings (SSSR count). The van der Waals surface area contributed by atoms with Crippen LogP contribution in [0.2, 0.25) is 10.0 Å². The van der Waals surface area contributed by atoms with Crippen molar-refractivity contribution in [3.05, 3.63) is 33.8 Å². The molecule has 128 valence electrons. The first-order chi connectivity index (χ1) is 10.8. The Balaban J connectivity index is 1.94. The highest BCUT2D eigenvalue weighted by atomic mass is 35.5. The molecule has 1 unspecified atom stereocenters. The third-order valence-corrected chi connectivity index (χ3v) is 4.82. The second-order valence-corrected chi connectivity index (χ2v) is 8.37. The Morgan fingerprint density at radius 2 is 1.96 bits per heavy atom. The highest BCUT2D eigenvalue weighted by molar-refractivity contribution is 6.35. The van der Waals surface area contributed by atoms with Crippen molar-refractivity contribution >= 4 is 29.1 Å². The van der Waals surface area contributed by atoms with Crippen molar-refractivity contribution < 1.29 is 4.79 Å². The van der Waals surface area contributed by atoms with Gasteiger partial charge >= 0.3 is 0 Å². The number of rotatable bonds is 4. The van der Waals surface area contributed by atoms with Crippen LogP contribution in [0, 0.1) is 11.3 Å². The number of halogens is 2. The van der Waals surface area contributed by atoms with E-state index in [0.717, 1.165) is 31.5 Å². The Hall–Kier alpha value is -0.770. The number of hydrogen-bond donors (Lipinski definition) is 1. The number of nitrogens with one attached hydrogen (secondary N) is 1. The standard InChI is InChI=1S/C18H26Cl2N2O/c1-18(2,3)12-21-17(23)13-6-5-9-22(10-13)11-14-15(19)7-4-8-16(14)20/h4,7-8,13H,5-6,9-12H2,1-3H3,(H,21,23). The van der Waals surface area contributed by atoms with E-state index in [-0.39, 0.29) is 17.2 Å². The van der Waals surface area contributed by atoms with Gasteiger partial charge in [0, 0.05) is 35.2 Å². The molecule has 1 atom stereocenters. The van der Waals surface area contributed by atoms with E-state index < -0.39 is 0 Å². The fraction of sp³-hybridized carbons (Fsp3) is 0.611. The van der Waals surface area contributed by atoms with E-state index in [4.69, 9.17) is 23.2 Å². The number of carbonyl (C=O) groups is 1. The average molecular weight is 357 g/mol. The number of benzene rings is 1. The van der Waals surface area contributed by atoms with Crippen LogP contribution < -0.4 is 5.32 Å². The third kappa shape index (κ3) is 5.66. The Morgan fingerprint density at radius 1 is 1.30 bits per heavy atom. The van der Waals surface area contributed by atoms with Crippen LogP contribution in [0.25, 0.3) is 0 Å². The van der Waals surface area contributed by atoms with Crippen LogP contribution in [0.1, 0.15) is 39.2 Å². The van der Waals surface area contributed by atoms with Crippen molar-refractivity contribution in [2.24, 2.45) is 11.3 Å². The van der Waals surface area contributed by atoms with Crippen molar-refractivity contribution in [1.29, 1.82) is 0 Å². The molecule has 0 saturated carbocycles. The van der Waals surface area contributed by atoms with E-state index in [0.29, 0.717) is 23.1 Å². The van der Waals surface area contributed by atoms with E-state index in [9.17, 15) is 4.79 Å². The van der Waals surface area contributed by atoms with Crippen molar-refractivity contribution in [3.8, 4) is 0 Å². The summed E-state index contributed by atoms with van der Waals surface area (Å²) in [6.45, 7) is 9.52. The van der Waals surface area contributed by atoms with Gasteiger partial charge < -0.3 is 5.32 Å². The van der Waals surface area contributed by atoms with Gasteiger partial charge in [-0.15, -0.1) is 0 Å². The minimum Gasteiger partial charge on any atom is -0.355 e. The Morgan fingerprint density at radius 3 is 2.57 bits per heavy atom. The fourth-order valence-electron chi connectivity index (χ4n) is 2.82. The first-order valence-electron chi connectivity index (χ1n) is 8.19. The minimum absolute atomic E-state index is 0.0485. The van der Waals surface area contributed by atoms with Gasteiger partial charge in [-0.25, -0.2) is 0 Å². The first kappa shape index (κ1) is 18.6. The molecule has 0 bridgehead atoms. The van der Waals surface area contributed by atoms with E-state index in [1.54, 1.807) is 0 Å². The molecule has 0 aliphatic carbocycles. The van der Waals surface area contributed by atoms with Crippen LogP contribution >= 0.6 is 23.2 Å². The van der Waals surface area contributed by atoms with Crippen LogP contribution in [0.4, 0.5) is 0 Å². The third-order valence-electron chi connectivity index (χ3n) is 4.11. The monoisotopic (exact) mass is 356 g/mol. The van der Waals surface area contributed by atoms with Crippen molar-refractivity contribution in [3.63, 3.8) is 0 Å². The van der Waals surface area contributed by atoms with Crippen molar-refractivity contribution in [2.45, 2.75) is 40.2 Å². The second kappa shape index (κ2) is 7.87. The molecular formula is C18H26Cl2N2O. The Kier molecular flexibility index (Phi) is 6.35. The number of likely N-dealkylation sites (tertiary alicyclic amines) is 1. The number of nitrogens with zero attached hydrogens (tertiary/aromatic N) is 1. The zero-order valence-corrected chi connectivity index (χ0v) is 15.7. The van der Waals surface area contributed by atoms with Gasteiger partial charge in [0.05, 0.1) is 5.92 Å². The molecule has 1 aromatic carbocycles. The molecule has 0 radical (unpaired) electrons. The number of carbonyl (C=O) groups excluding carboxylic acids is 1. The molecular weight excluding hydrogens is 331 g/mol. The molecule has 1 N–H and O–H groups in total. The molecule has 5 heteroatoms. The molecule has 1 amide bonds. The van der Waals surface area contributed by atoms with E-state index >= 15 is 0 Å². The summed E-state index contributed by atoms with van der Waals surface area (Å²) in [4.78, 5) is 14.7. The van der Waals surface area contributed by atoms with Gasteiger partial charge in [-0.3, -0.25) is 9.69 Å². The second-order valence-electron chi connectivity index (χ2n) is 7.55. The lowest BCUT2D eigenvalue weighted by Crippen LogP contribution is -2.44. The van der Waals surface area contributed by atoms with Gasteiger partial charge in [-0.05, 0) is 36.9 Å². The molecule has 0 spiro atoms. The van der Waals surface area contributed by atoms with Crippen molar-refractivity contribution in [1.82, 2.24) is 10.2 Å². The van der Waals surface area contributed by atoms with Gasteiger partial charge in [-0.1, -0.05) is 50.0 Å². The molecule has 1 fully saturated rings. The lowest BCUT2D eigenvalue weighted by atomic mass is 9.94. The highest BCUT2D eigenvalue weighted by Gasteiger charge is 2.27. The maximum Gasteiger partial charge on any atom is 0.224 e. The summed E-state index contributed by atoms with van der Waals surface area (Å²) in [5.41, 5.74) is 1.06. The molecule has 1 saturated heterocycles. The molecule has 23 heavy (non-hydrogen) atoms. The summed E-state index contributed by atoms with van der Waals surface area (Å²) in [5, 5.41) is 4.46. The SMILES string of the molecule is CC(C)(C)CNC(=O)C1CCCN(Cc2c(Cl)cccc2Cl)C1. The lowest BCUT2D eigenvalue weighted by Gasteiger charge is -2.33. The smallest absolute Gasteiger partial charge is 0.224 e.